The number of rotatable bonds is 0. The van der Waals surface area contributed by atoms with E-state index in [4.69, 9.17) is 0 Å². The highest BCUT2D eigenvalue weighted by molar-refractivity contribution is 6.18. The third kappa shape index (κ3) is 1.18. The number of para-hydroxylation sites is 1. The molecule has 0 aromatic heterocycles. The fraction of sp³-hybridized carbons (Fsp3) is 0.333. The first kappa shape index (κ1) is 6.92. The van der Waals surface area contributed by atoms with Crippen LogP contribution < -0.4 is 4.57 Å². The minimum Gasteiger partial charge on any atom is -0.399 e. The van der Waals surface area contributed by atoms with Gasteiger partial charge in [0.25, 0.3) is 0 Å². The largest absolute Gasteiger partial charge is 0.399 e. The maximum absolute atomic E-state index is 3.57. The van der Waals surface area contributed by atoms with E-state index in [1.54, 1.807) is 0 Å². The van der Waals surface area contributed by atoms with Crippen LogP contribution >= 0.6 is 0 Å². The van der Waals surface area contributed by atoms with Crippen LogP contribution in [0.3, 0.4) is 0 Å². The predicted molar refractivity (Wildman–Crippen MR) is 47.9 cm³/mol. The lowest BCUT2D eigenvalue weighted by atomic mass is 10.0. The Morgan fingerprint density at radius 3 is 2.91 bits per heavy atom. The van der Waals surface area contributed by atoms with Gasteiger partial charge in [-0.05, 0) is 24.5 Å². The van der Waals surface area contributed by atoms with E-state index in [9.17, 15) is 0 Å². The second-order valence-electron chi connectivity index (χ2n) is 2.88. The van der Waals surface area contributed by atoms with Gasteiger partial charge in [-0.15, -0.1) is 0 Å². The molecule has 0 amide bonds. The summed E-state index contributed by atoms with van der Waals surface area (Å²) in [6, 6.07) is 8.53. The number of hydrogen-bond acceptors (Lipinski definition) is 1. The van der Waals surface area contributed by atoms with E-state index < -0.39 is 0 Å². The van der Waals surface area contributed by atoms with Crippen molar-refractivity contribution in [3.05, 3.63) is 29.8 Å². The van der Waals surface area contributed by atoms with Crippen LogP contribution in [0.2, 0.25) is 0 Å². The number of hydrogen-bond donors (Lipinski definition) is 0. The molecule has 2 heteroatoms. The molecule has 2 rings (SSSR count). The van der Waals surface area contributed by atoms with Crippen LogP contribution in [-0.4, -0.2) is 16.9 Å². The molecule has 0 saturated carbocycles. The van der Waals surface area contributed by atoms with Crippen molar-refractivity contribution in [3.63, 3.8) is 0 Å². The van der Waals surface area contributed by atoms with Crippen LogP contribution in [-0.2, 0) is 6.42 Å². The second-order valence-corrected chi connectivity index (χ2v) is 3.42. The summed E-state index contributed by atoms with van der Waals surface area (Å²) < 4.78 is 2.14. The summed E-state index contributed by atoms with van der Waals surface area (Å²) in [4.78, 5) is 0. The Balaban J connectivity index is 2.44. The van der Waals surface area contributed by atoms with E-state index in [-0.39, 0.29) is 0 Å². The van der Waals surface area contributed by atoms with Crippen LogP contribution in [0.5, 0.6) is 0 Å². The fourth-order valence-electron chi connectivity index (χ4n) is 1.53. The Morgan fingerprint density at radius 2 is 2.09 bits per heavy atom. The Labute approximate surface area is 70.5 Å². The van der Waals surface area contributed by atoms with E-state index in [1.165, 1.54) is 24.1 Å². The number of fused-ring (bicyclic) bond motifs is 1. The zero-order valence-corrected chi connectivity index (χ0v) is 7.38. The van der Waals surface area contributed by atoms with Crippen molar-refractivity contribution < 1.29 is 0 Å². The van der Waals surface area contributed by atoms with E-state index in [2.05, 4.69) is 39.2 Å². The lowest BCUT2D eigenvalue weighted by molar-refractivity contribution is 0.791. The summed E-state index contributed by atoms with van der Waals surface area (Å²) in [5, 5.41) is 0. The zero-order chi connectivity index (χ0) is 7.68. The van der Waals surface area contributed by atoms with Gasteiger partial charge in [-0.25, -0.2) is 0 Å². The van der Waals surface area contributed by atoms with Gasteiger partial charge in [0, 0.05) is 12.2 Å². The van der Waals surface area contributed by atoms with Gasteiger partial charge in [-0.1, -0.05) is 18.2 Å². The summed E-state index contributed by atoms with van der Waals surface area (Å²) in [6.07, 6.45) is 2.47. The van der Waals surface area contributed by atoms with Gasteiger partial charge in [0.15, 0.2) is 10.4 Å². The molecule has 1 heterocycles. The van der Waals surface area contributed by atoms with Crippen LogP contribution in [0.25, 0.3) is 0 Å². The normalized spacial score (nSPS) is 16.3. The molecule has 1 aromatic carbocycles. The number of aryl methyl sites for hydroxylation is 1. The Hall–Kier alpha value is -0.763. The van der Waals surface area contributed by atoms with Crippen molar-refractivity contribution in [1.82, 2.24) is 0 Å². The number of benzene rings is 1. The molecule has 0 unspecified atom stereocenters. The van der Waals surface area contributed by atoms with E-state index in [0.717, 1.165) is 6.54 Å². The van der Waals surface area contributed by atoms with Crippen molar-refractivity contribution >= 4 is 16.1 Å². The Bertz CT molecular complexity index is 259. The zero-order valence-electron chi connectivity index (χ0n) is 6.38. The molecule has 0 atom stereocenters. The van der Waals surface area contributed by atoms with Crippen LogP contribution in [0.15, 0.2) is 24.3 Å². The van der Waals surface area contributed by atoms with Crippen molar-refractivity contribution in [1.29, 1.82) is 0 Å². The second kappa shape index (κ2) is 2.70. The van der Waals surface area contributed by atoms with Gasteiger partial charge in [0.2, 0.25) is 0 Å². The summed E-state index contributed by atoms with van der Waals surface area (Å²) in [6.45, 7) is 1.12. The molecule has 0 aliphatic carbocycles. The van der Waals surface area contributed by atoms with Gasteiger partial charge in [0.05, 0.1) is 0 Å². The molecule has 0 saturated heterocycles. The molecule has 1 aromatic rings. The molecule has 55 valence electrons. The van der Waals surface area contributed by atoms with Crippen molar-refractivity contribution in [2.45, 2.75) is 12.8 Å². The molecule has 1 aliphatic heterocycles. The standard InChI is InChI=1S/C9H10NSi/c11-10-7-3-5-8-4-1-2-6-9(8)10/h1-2,4,6H,3,5,7H2. The number of nitrogens with zero attached hydrogens (tertiary/aromatic N) is 1. The van der Waals surface area contributed by atoms with Gasteiger partial charge in [0.1, 0.15) is 0 Å². The first-order chi connectivity index (χ1) is 5.38. The lowest BCUT2D eigenvalue weighted by Gasteiger charge is -2.27. The quantitative estimate of drug-likeness (QED) is 0.520. The van der Waals surface area contributed by atoms with Crippen LogP contribution in [0.4, 0.5) is 5.69 Å². The maximum atomic E-state index is 3.57. The van der Waals surface area contributed by atoms with E-state index in [1.807, 2.05) is 0 Å². The SMILES string of the molecule is [Si]N1CCCc2ccccc21. The Kier molecular flexibility index (Phi) is 1.70. The third-order valence-corrected chi connectivity index (χ3v) is 2.57. The van der Waals surface area contributed by atoms with Crippen molar-refractivity contribution in [3.8, 4) is 0 Å². The molecule has 0 spiro atoms. The van der Waals surface area contributed by atoms with Gasteiger partial charge >= 0.3 is 0 Å². The summed E-state index contributed by atoms with van der Waals surface area (Å²) >= 11 is 0. The molecule has 0 N–H and O–H groups in total. The van der Waals surface area contributed by atoms with Crippen molar-refractivity contribution in [2.75, 3.05) is 11.1 Å². The third-order valence-electron chi connectivity index (χ3n) is 2.11. The van der Waals surface area contributed by atoms with Gasteiger partial charge < -0.3 is 4.57 Å². The highest BCUT2D eigenvalue weighted by Crippen LogP contribution is 2.24. The maximum Gasteiger partial charge on any atom is 0.189 e. The molecular weight excluding hydrogens is 150 g/mol. The summed E-state index contributed by atoms with van der Waals surface area (Å²) in [7, 11) is 3.57. The minimum atomic E-state index is 1.12. The first-order valence-corrected chi connectivity index (χ1v) is 4.39. The predicted octanol–water partition coefficient (Wildman–Crippen LogP) is 1.52. The van der Waals surface area contributed by atoms with Crippen LogP contribution in [0.1, 0.15) is 12.0 Å². The molecule has 11 heavy (non-hydrogen) atoms. The molecule has 1 nitrogen and oxygen atoms in total. The monoisotopic (exact) mass is 160 g/mol. The molecule has 0 fully saturated rings. The molecule has 0 bridgehead atoms. The van der Waals surface area contributed by atoms with E-state index >= 15 is 0 Å². The van der Waals surface area contributed by atoms with Gasteiger partial charge in [-0.3, -0.25) is 0 Å². The highest BCUT2D eigenvalue weighted by Gasteiger charge is 2.11. The van der Waals surface area contributed by atoms with Crippen molar-refractivity contribution in [2.24, 2.45) is 0 Å². The fourth-order valence-corrected chi connectivity index (χ4v) is 1.91. The molecular formula is C9H10NSi. The average Bonchev–Trinajstić information content (AvgIpc) is 2.06. The summed E-state index contributed by atoms with van der Waals surface area (Å²) in [5.74, 6) is 0. The first-order valence-electron chi connectivity index (χ1n) is 3.94. The average molecular weight is 160 g/mol. The smallest absolute Gasteiger partial charge is 0.189 e. The minimum absolute atomic E-state index is 1.12. The Morgan fingerprint density at radius 1 is 1.27 bits per heavy atom. The lowest BCUT2D eigenvalue weighted by Crippen LogP contribution is -2.25. The number of anilines is 1. The highest BCUT2D eigenvalue weighted by atomic mass is 28.2. The topological polar surface area (TPSA) is 3.24 Å². The van der Waals surface area contributed by atoms with Crippen LogP contribution in [0, 0.1) is 0 Å². The molecule has 3 radical (unpaired) electrons. The van der Waals surface area contributed by atoms with Gasteiger partial charge in [-0.2, -0.15) is 0 Å². The molecule has 1 aliphatic rings. The van der Waals surface area contributed by atoms with E-state index in [0.29, 0.717) is 0 Å². The summed E-state index contributed by atoms with van der Waals surface area (Å²) in [5.41, 5.74) is 2.78.